The van der Waals surface area contributed by atoms with Crippen molar-refractivity contribution in [1.29, 1.82) is 0 Å². The molecule has 0 aliphatic carbocycles. The van der Waals surface area contributed by atoms with E-state index in [4.69, 9.17) is 9.47 Å². The molecule has 0 unspecified atom stereocenters. The molecule has 0 heterocycles. The lowest BCUT2D eigenvalue weighted by molar-refractivity contribution is -0.384. The monoisotopic (exact) mass is 497 g/mol. The predicted molar refractivity (Wildman–Crippen MR) is 120 cm³/mol. The van der Waals surface area contributed by atoms with E-state index in [-0.39, 0.29) is 5.69 Å². The van der Waals surface area contributed by atoms with Crippen LogP contribution in [-0.4, -0.2) is 18.1 Å². The minimum Gasteiger partial charge on any atom is -0.494 e. The first-order valence-corrected chi connectivity index (χ1v) is 11.0. The smallest absolute Gasteiger partial charge is 0.269 e. The molecule has 152 valence electrons. The van der Waals surface area contributed by atoms with Gasteiger partial charge < -0.3 is 9.47 Å². The second kappa shape index (κ2) is 13.4. The molecule has 28 heavy (non-hydrogen) atoms. The molecule has 0 aliphatic heterocycles. The zero-order valence-corrected chi connectivity index (χ0v) is 18.3. The van der Waals surface area contributed by atoms with Crippen molar-refractivity contribution in [3.63, 3.8) is 0 Å². The first-order chi connectivity index (χ1) is 13.6. The van der Waals surface area contributed by atoms with Gasteiger partial charge in [-0.15, -0.1) is 0 Å². The molecule has 0 saturated heterocycles. The number of rotatable bonds is 14. The van der Waals surface area contributed by atoms with Crippen LogP contribution in [0.3, 0.4) is 0 Å². The van der Waals surface area contributed by atoms with E-state index >= 15 is 0 Å². The van der Waals surface area contributed by atoms with Crippen LogP contribution in [0.1, 0.15) is 51.4 Å². The number of nitro groups is 1. The molecule has 0 N–H and O–H groups in total. The van der Waals surface area contributed by atoms with Crippen LogP contribution in [0, 0.1) is 13.7 Å². The van der Waals surface area contributed by atoms with Crippen LogP contribution in [0.2, 0.25) is 0 Å². The van der Waals surface area contributed by atoms with Crippen LogP contribution < -0.4 is 9.47 Å². The third-order valence-electron chi connectivity index (χ3n) is 4.44. The Morgan fingerprint density at radius 2 is 1.07 bits per heavy atom. The van der Waals surface area contributed by atoms with Gasteiger partial charge in [0.05, 0.1) is 18.1 Å². The highest BCUT2D eigenvalue weighted by molar-refractivity contribution is 14.1. The lowest BCUT2D eigenvalue weighted by Crippen LogP contribution is -1.98. The molecule has 6 heteroatoms. The standard InChI is InChI=1S/C22H28INO4/c23-19-9-13-21(14-10-19)27-17-7-5-3-1-2-4-6-8-18-28-22-15-11-20(12-16-22)24(25)26/h9-16H,1-8,17-18H2. The summed E-state index contributed by atoms with van der Waals surface area (Å²) in [5.41, 5.74) is 0.0915. The molecule has 0 atom stereocenters. The van der Waals surface area contributed by atoms with Gasteiger partial charge in [-0.05, 0) is 71.8 Å². The molecule has 5 nitrogen and oxygen atoms in total. The summed E-state index contributed by atoms with van der Waals surface area (Å²) in [4.78, 5) is 10.2. The molecule has 0 aromatic heterocycles. The Morgan fingerprint density at radius 1 is 0.679 bits per heavy atom. The van der Waals surface area contributed by atoms with Gasteiger partial charge in [0.2, 0.25) is 0 Å². The van der Waals surface area contributed by atoms with Crippen molar-refractivity contribution in [3.05, 3.63) is 62.2 Å². The minimum absolute atomic E-state index is 0.0915. The lowest BCUT2D eigenvalue weighted by atomic mass is 10.1. The summed E-state index contributed by atoms with van der Waals surface area (Å²) in [6, 6.07) is 14.4. The van der Waals surface area contributed by atoms with E-state index in [1.54, 1.807) is 12.1 Å². The minimum atomic E-state index is -0.402. The number of unbranched alkanes of at least 4 members (excludes halogenated alkanes) is 7. The number of hydrogen-bond acceptors (Lipinski definition) is 4. The molecule has 0 fully saturated rings. The summed E-state index contributed by atoms with van der Waals surface area (Å²) in [6.07, 6.45) is 9.51. The van der Waals surface area contributed by atoms with Crippen LogP contribution in [0.15, 0.2) is 48.5 Å². The van der Waals surface area contributed by atoms with E-state index in [1.165, 1.54) is 47.8 Å². The molecular formula is C22H28INO4. The Bertz CT molecular complexity index is 689. The van der Waals surface area contributed by atoms with Gasteiger partial charge in [0.1, 0.15) is 11.5 Å². The highest BCUT2D eigenvalue weighted by atomic mass is 127. The van der Waals surface area contributed by atoms with Gasteiger partial charge in [-0.1, -0.05) is 38.5 Å². The maximum absolute atomic E-state index is 10.6. The van der Waals surface area contributed by atoms with Gasteiger partial charge in [0.25, 0.3) is 5.69 Å². The highest BCUT2D eigenvalue weighted by Crippen LogP contribution is 2.18. The predicted octanol–water partition coefficient (Wildman–Crippen LogP) is 6.78. The Hall–Kier alpha value is -1.83. The largest absolute Gasteiger partial charge is 0.494 e. The van der Waals surface area contributed by atoms with Gasteiger partial charge in [-0.25, -0.2) is 0 Å². The summed E-state index contributed by atoms with van der Waals surface area (Å²) in [5, 5.41) is 10.6. The van der Waals surface area contributed by atoms with E-state index in [1.807, 2.05) is 12.1 Å². The molecule has 0 saturated carbocycles. The maximum Gasteiger partial charge on any atom is 0.269 e. The van der Waals surface area contributed by atoms with E-state index in [9.17, 15) is 10.1 Å². The summed E-state index contributed by atoms with van der Waals surface area (Å²) in [7, 11) is 0. The second-order valence-corrected chi connectivity index (χ2v) is 7.98. The van der Waals surface area contributed by atoms with Crippen LogP contribution in [0.4, 0.5) is 5.69 Å². The molecular weight excluding hydrogens is 469 g/mol. The number of benzene rings is 2. The van der Waals surface area contributed by atoms with Gasteiger partial charge in [-0.3, -0.25) is 10.1 Å². The Morgan fingerprint density at radius 3 is 1.50 bits per heavy atom. The zero-order chi connectivity index (χ0) is 20.0. The number of ether oxygens (including phenoxy) is 2. The number of nitro benzene ring substituents is 1. The molecule has 0 radical (unpaired) electrons. The maximum atomic E-state index is 10.6. The number of hydrogen-bond donors (Lipinski definition) is 0. The SMILES string of the molecule is O=[N+]([O-])c1ccc(OCCCCCCCCCCOc2ccc(I)cc2)cc1. The van der Waals surface area contributed by atoms with Crippen molar-refractivity contribution in [2.75, 3.05) is 13.2 Å². The molecule has 0 spiro atoms. The number of halogens is 1. The van der Waals surface area contributed by atoms with E-state index in [0.717, 1.165) is 31.6 Å². The fraction of sp³-hybridized carbons (Fsp3) is 0.455. The summed E-state index contributed by atoms with van der Waals surface area (Å²) < 4.78 is 12.6. The molecule has 2 aromatic carbocycles. The Balaban J connectivity index is 1.37. The molecule has 2 rings (SSSR count). The van der Waals surface area contributed by atoms with E-state index < -0.39 is 4.92 Å². The fourth-order valence-corrected chi connectivity index (χ4v) is 3.20. The Kier molecular flexibility index (Phi) is 10.7. The van der Waals surface area contributed by atoms with Crippen molar-refractivity contribution >= 4 is 28.3 Å². The first-order valence-electron chi connectivity index (χ1n) is 9.91. The molecule has 0 amide bonds. The second-order valence-electron chi connectivity index (χ2n) is 6.73. The third-order valence-corrected chi connectivity index (χ3v) is 5.16. The zero-order valence-electron chi connectivity index (χ0n) is 16.1. The van der Waals surface area contributed by atoms with Crippen molar-refractivity contribution in [1.82, 2.24) is 0 Å². The topological polar surface area (TPSA) is 61.6 Å². The summed E-state index contributed by atoms with van der Waals surface area (Å²) in [6.45, 7) is 1.45. The normalized spacial score (nSPS) is 10.6. The lowest BCUT2D eigenvalue weighted by Gasteiger charge is -2.07. The number of non-ortho nitro benzene ring substituents is 1. The number of nitrogens with zero attached hydrogens (tertiary/aromatic N) is 1. The average molecular weight is 497 g/mol. The molecule has 0 bridgehead atoms. The fourth-order valence-electron chi connectivity index (χ4n) is 2.84. The van der Waals surface area contributed by atoms with Crippen molar-refractivity contribution < 1.29 is 14.4 Å². The van der Waals surface area contributed by atoms with Gasteiger partial charge >= 0.3 is 0 Å². The first kappa shape index (κ1) is 22.5. The van der Waals surface area contributed by atoms with Crippen LogP contribution in [0.5, 0.6) is 11.5 Å². The Labute approximate surface area is 180 Å². The van der Waals surface area contributed by atoms with Crippen LogP contribution in [-0.2, 0) is 0 Å². The van der Waals surface area contributed by atoms with Crippen LogP contribution in [0.25, 0.3) is 0 Å². The highest BCUT2D eigenvalue weighted by Gasteiger charge is 2.04. The molecule has 0 aliphatic rings. The van der Waals surface area contributed by atoms with Crippen molar-refractivity contribution in [2.24, 2.45) is 0 Å². The van der Waals surface area contributed by atoms with Gasteiger partial charge in [0.15, 0.2) is 0 Å². The van der Waals surface area contributed by atoms with Gasteiger partial charge in [0, 0.05) is 15.7 Å². The quantitative estimate of drug-likeness (QED) is 0.125. The van der Waals surface area contributed by atoms with E-state index in [0.29, 0.717) is 12.4 Å². The van der Waals surface area contributed by atoms with Gasteiger partial charge in [-0.2, -0.15) is 0 Å². The third kappa shape index (κ3) is 9.39. The van der Waals surface area contributed by atoms with E-state index in [2.05, 4.69) is 34.7 Å². The molecule has 2 aromatic rings. The van der Waals surface area contributed by atoms with Crippen LogP contribution >= 0.6 is 22.6 Å². The summed E-state index contributed by atoms with van der Waals surface area (Å²) in [5.74, 6) is 1.65. The van der Waals surface area contributed by atoms with Crippen molar-refractivity contribution in [2.45, 2.75) is 51.4 Å². The van der Waals surface area contributed by atoms with Crippen molar-refractivity contribution in [3.8, 4) is 11.5 Å². The summed E-state index contributed by atoms with van der Waals surface area (Å²) >= 11 is 2.29. The average Bonchev–Trinajstić information content (AvgIpc) is 2.70.